The molecule has 0 aliphatic rings. The van der Waals surface area contributed by atoms with Crippen LogP contribution in [0.25, 0.3) is 0 Å². The second-order valence-electron chi connectivity index (χ2n) is 2.65. The van der Waals surface area contributed by atoms with Crippen LogP contribution in [0.4, 0.5) is 0 Å². The van der Waals surface area contributed by atoms with E-state index in [4.69, 9.17) is 15.0 Å². The fourth-order valence-electron chi connectivity index (χ4n) is 0.880. The van der Waals surface area contributed by atoms with Crippen LogP contribution in [0.1, 0.15) is 46.9 Å². The van der Waals surface area contributed by atoms with E-state index in [2.05, 4.69) is 6.92 Å². The number of unbranched alkanes of at least 4 members (excludes halogenated alkanes) is 4. The Hall–Kier alpha value is 0.135. The van der Waals surface area contributed by atoms with Gasteiger partial charge in [-0.3, -0.25) is 4.79 Å². The summed E-state index contributed by atoms with van der Waals surface area (Å²) in [6.45, 7) is 2.65. The summed E-state index contributed by atoms with van der Waals surface area (Å²) < 4.78 is 0. The molecule has 6 heteroatoms. The minimum absolute atomic E-state index is 0. The number of rotatable bonds is 6. The van der Waals surface area contributed by atoms with E-state index in [0.717, 1.165) is 12.8 Å². The molecule has 0 aliphatic heterocycles. The van der Waals surface area contributed by atoms with Crippen molar-refractivity contribution in [3.05, 3.63) is 0 Å². The number of carbonyl (C=O) groups is 1. The van der Waals surface area contributed by atoms with E-state index in [1.807, 2.05) is 0 Å². The van der Waals surface area contributed by atoms with Crippen LogP contribution in [0, 0.1) is 0 Å². The molecule has 0 bridgehead atoms. The first-order valence-corrected chi connectivity index (χ1v) is 4.42. The van der Waals surface area contributed by atoms with Crippen molar-refractivity contribution in [3.8, 4) is 0 Å². The standard InChI is InChI=1S/C8H16O2.CHO2.2Li.H/c1-2-3-4-5-6-7-8(9)10;2-1-3;;;/h2-7H2,1H3,(H,9,10);(H,2,3);;;/q;-1;2*+1;-1. The Morgan fingerprint density at radius 1 is 1.20 bits per heavy atom. The first-order chi connectivity index (χ1) is 6.18. The van der Waals surface area contributed by atoms with Gasteiger partial charge in [-0.05, 0) is 6.42 Å². The number of hydrogen-bond donors (Lipinski definition) is 2. The van der Waals surface area contributed by atoms with Gasteiger partial charge in [0.05, 0.1) is 0 Å². The van der Waals surface area contributed by atoms with E-state index in [0.29, 0.717) is 12.9 Å². The summed E-state index contributed by atoms with van der Waals surface area (Å²) in [6.07, 6.45) is 5.88. The van der Waals surface area contributed by atoms with Gasteiger partial charge in [0.25, 0.3) is 0 Å². The number of carboxylic acid groups (broad SMARTS) is 1. The van der Waals surface area contributed by atoms with Gasteiger partial charge in [0.1, 0.15) is 0 Å². The smallest absolute Gasteiger partial charge is 1.00 e. The molecule has 0 saturated carbocycles. The van der Waals surface area contributed by atoms with Crippen LogP contribution in [0.5, 0.6) is 0 Å². The van der Waals surface area contributed by atoms with Crippen LogP contribution in [0.2, 0.25) is 0 Å². The van der Waals surface area contributed by atoms with Gasteiger partial charge in [-0.1, -0.05) is 39.1 Å². The quantitative estimate of drug-likeness (QED) is 0.264. The molecule has 15 heavy (non-hydrogen) atoms. The van der Waals surface area contributed by atoms with Crippen molar-refractivity contribution in [1.29, 1.82) is 0 Å². The minimum atomic E-state index is -0.670. The van der Waals surface area contributed by atoms with Crippen molar-refractivity contribution in [3.63, 3.8) is 0 Å². The summed E-state index contributed by atoms with van der Waals surface area (Å²) in [4.78, 5) is 18.3. The molecular weight excluding hydrogens is 186 g/mol. The average molecular weight is 204 g/mol. The van der Waals surface area contributed by atoms with Gasteiger partial charge in [0, 0.05) is 6.42 Å². The molecule has 0 fully saturated rings. The monoisotopic (exact) mass is 204 g/mol. The Labute approximate surface area is 117 Å². The van der Waals surface area contributed by atoms with Crippen LogP contribution in [0.3, 0.4) is 0 Å². The summed E-state index contributed by atoms with van der Waals surface area (Å²) in [6, 6.07) is 0. The molecule has 0 atom stereocenters. The zero-order chi connectivity index (χ0) is 10.5. The number of hydrogen-bond acceptors (Lipinski definition) is 2. The predicted octanol–water partition coefficient (Wildman–Crippen LogP) is -3.84. The Balaban J connectivity index is -0.0000000606. The molecule has 0 rings (SSSR count). The molecule has 0 aromatic heterocycles. The summed E-state index contributed by atoms with van der Waals surface area (Å²) in [5.74, 6) is -0.670. The van der Waals surface area contributed by atoms with Gasteiger partial charge >= 0.3 is 43.7 Å². The fourth-order valence-corrected chi connectivity index (χ4v) is 0.880. The Morgan fingerprint density at radius 3 is 1.93 bits per heavy atom. The SMILES string of the molecule is CCCCCCCC(=O)O.O=[C-]O.[H-].[Li+].[Li+]. The van der Waals surface area contributed by atoms with E-state index >= 15 is 0 Å². The number of carboxylic acids is 1. The number of aliphatic hydroxyl groups excluding tert-OH is 1. The van der Waals surface area contributed by atoms with Gasteiger partial charge in [0.15, 0.2) is 0 Å². The van der Waals surface area contributed by atoms with Gasteiger partial charge in [0.2, 0.25) is 0 Å². The third-order valence-corrected chi connectivity index (χ3v) is 1.49. The van der Waals surface area contributed by atoms with Crippen molar-refractivity contribution in [2.75, 3.05) is 0 Å². The molecule has 0 amide bonds. The van der Waals surface area contributed by atoms with Crippen LogP contribution in [-0.2, 0) is 9.59 Å². The van der Waals surface area contributed by atoms with E-state index < -0.39 is 5.97 Å². The maximum Gasteiger partial charge on any atom is 1.00 e. The third-order valence-electron chi connectivity index (χ3n) is 1.49. The van der Waals surface area contributed by atoms with Crippen molar-refractivity contribution < 1.29 is 58.9 Å². The van der Waals surface area contributed by atoms with Gasteiger partial charge in [-0.25, -0.2) is 0 Å². The van der Waals surface area contributed by atoms with Crippen LogP contribution < -0.4 is 37.7 Å². The molecule has 0 radical (unpaired) electrons. The summed E-state index contributed by atoms with van der Waals surface area (Å²) in [5.41, 5.74) is 0. The summed E-state index contributed by atoms with van der Waals surface area (Å²) in [7, 11) is 0. The van der Waals surface area contributed by atoms with Gasteiger partial charge in [-0.2, -0.15) is 0 Å². The molecule has 0 spiro atoms. The number of aliphatic carboxylic acids is 1. The molecule has 0 unspecified atom stereocenters. The van der Waals surface area contributed by atoms with Gasteiger partial charge < -0.3 is 16.4 Å². The average Bonchev–Trinajstić information content (AvgIpc) is 2.05. The molecule has 0 aromatic carbocycles. The normalized spacial score (nSPS) is 7.27. The third kappa shape index (κ3) is 40.9. The maximum absolute atomic E-state index is 10.0. The van der Waals surface area contributed by atoms with E-state index in [9.17, 15) is 4.79 Å². The molecule has 2 N–H and O–H groups in total. The molecule has 80 valence electrons. The van der Waals surface area contributed by atoms with E-state index in [1.165, 1.54) is 19.3 Å². The minimum Gasteiger partial charge on any atom is -1.00 e. The van der Waals surface area contributed by atoms with Crippen LogP contribution in [-0.4, -0.2) is 22.7 Å². The van der Waals surface area contributed by atoms with Crippen LogP contribution >= 0.6 is 0 Å². The Morgan fingerprint density at radius 2 is 1.60 bits per heavy atom. The topological polar surface area (TPSA) is 74.6 Å². The molecule has 0 aromatic rings. The second kappa shape index (κ2) is 23.7. The van der Waals surface area contributed by atoms with Crippen LogP contribution in [0.15, 0.2) is 0 Å². The van der Waals surface area contributed by atoms with Crippen molar-refractivity contribution in [2.24, 2.45) is 0 Å². The zero-order valence-electron chi connectivity index (χ0n) is 11.0. The first-order valence-electron chi connectivity index (χ1n) is 4.42. The molecule has 0 aliphatic carbocycles. The predicted molar refractivity (Wildman–Crippen MR) is 50.4 cm³/mol. The van der Waals surface area contributed by atoms with E-state index in [1.54, 1.807) is 0 Å². The fraction of sp³-hybridized carbons (Fsp3) is 0.778. The van der Waals surface area contributed by atoms with Gasteiger partial charge in [-0.15, -0.1) is 0 Å². The molecule has 4 nitrogen and oxygen atoms in total. The maximum atomic E-state index is 10.0. The first kappa shape index (κ1) is 24.4. The van der Waals surface area contributed by atoms with Crippen molar-refractivity contribution >= 4 is 12.4 Å². The molecule has 0 heterocycles. The van der Waals surface area contributed by atoms with Crippen molar-refractivity contribution in [1.82, 2.24) is 0 Å². The summed E-state index contributed by atoms with van der Waals surface area (Å²) in [5, 5.41) is 15.0. The Kier molecular flexibility index (Phi) is 38.6. The molecule has 0 saturated heterocycles. The largest absolute Gasteiger partial charge is 1.00 e. The van der Waals surface area contributed by atoms with Crippen molar-refractivity contribution in [2.45, 2.75) is 45.4 Å². The zero-order valence-corrected chi connectivity index (χ0v) is 9.95. The second-order valence-corrected chi connectivity index (χ2v) is 2.65. The van der Waals surface area contributed by atoms with E-state index in [-0.39, 0.29) is 39.1 Å². The molecular formula is C9H18Li2O4. The summed E-state index contributed by atoms with van der Waals surface area (Å²) >= 11 is 0. The Bertz CT molecular complexity index is 137.